The first kappa shape index (κ1) is 12.1. The van der Waals surface area contributed by atoms with Crippen LogP contribution in [0.2, 0.25) is 5.02 Å². The molecule has 1 heterocycles. The molecule has 9 heteroatoms. The molecule has 0 atom stereocenters. The first-order chi connectivity index (χ1) is 7.99. The van der Waals surface area contributed by atoms with Crippen LogP contribution in [-0.2, 0) is 10.0 Å². The molecule has 0 fully saturated rings. The Bertz CT molecular complexity index is 627. The molecule has 2 rings (SSSR count). The van der Waals surface area contributed by atoms with Gasteiger partial charge in [-0.1, -0.05) is 22.9 Å². The zero-order valence-electron chi connectivity index (χ0n) is 8.29. The Kier molecular flexibility index (Phi) is 3.18. The van der Waals surface area contributed by atoms with Crippen LogP contribution in [0, 0.1) is 0 Å². The maximum atomic E-state index is 12.0. The lowest BCUT2D eigenvalue weighted by Crippen LogP contribution is -2.14. The number of hydrogen-bond donors (Lipinski definition) is 2. The first-order valence-electron chi connectivity index (χ1n) is 4.33. The van der Waals surface area contributed by atoms with Crippen LogP contribution < -0.4 is 10.5 Å². The van der Waals surface area contributed by atoms with Crippen molar-refractivity contribution in [3.63, 3.8) is 0 Å². The van der Waals surface area contributed by atoms with E-state index >= 15 is 0 Å². The van der Waals surface area contributed by atoms with Crippen molar-refractivity contribution in [2.24, 2.45) is 0 Å². The molecule has 90 valence electrons. The third-order valence-electron chi connectivity index (χ3n) is 1.85. The van der Waals surface area contributed by atoms with Gasteiger partial charge in [0.2, 0.25) is 5.13 Å². The molecular weight excluding hydrogens is 284 g/mol. The van der Waals surface area contributed by atoms with Crippen LogP contribution in [0.25, 0.3) is 0 Å². The Morgan fingerprint density at radius 2 is 2.18 bits per heavy atom. The number of nitrogens with zero attached hydrogens (tertiary/aromatic N) is 2. The van der Waals surface area contributed by atoms with Crippen molar-refractivity contribution in [2.75, 3.05) is 10.5 Å². The Hall–Kier alpha value is -1.38. The molecule has 2 aromatic rings. The zero-order chi connectivity index (χ0) is 12.5. The summed E-state index contributed by atoms with van der Waals surface area (Å²) in [7, 11) is -3.79. The van der Waals surface area contributed by atoms with Crippen LogP contribution in [-0.4, -0.2) is 18.6 Å². The van der Waals surface area contributed by atoms with Gasteiger partial charge >= 0.3 is 0 Å². The summed E-state index contributed by atoms with van der Waals surface area (Å²) in [6, 6.07) is 4.22. The Morgan fingerprint density at radius 1 is 1.41 bits per heavy atom. The minimum absolute atomic E-state index is 0.0831. The van der Waals surface area contributed by atoms with E-state index in [1.165, 1.54) is 23.7 Å². The predicted octanol–water partition coefficient (Wildman–Crippen LogP) is 1.57. The largest absolute Gasteiger partial charge is 0.398 e. The van der Waals surface area contributed by atoms with Crippen LogP contribution in [0.4, 0.5) is 10.8 Å². The van der Waals surface area contributed by atoms with Crippen LogP contribution in [0.3, 0.4) is 0 Å². The van der Waals surface area contributed by atoms with E-state index in [0.29, 0.717) is 0 Å². The number of benzene rings is 1. The highest BCUT2D eigenvalue weighted by Crippen LogP contribution is 2.25. The van der Waals surface area contributed by atoms with E-state index in [-0.39, 0.29) is 20.7 Å². The minimum atomic E-state index is -3.79. The summed E-state index contributed by atoms with van der Waals surface area (Å²) in [5.41, 5.74) is 7.13. The van der Waals surface area contributed by atoms with Gasteiger partial charge in [-0.05, 0) is 18.2 Å². The van der Waals surface area contributed by atoms with E-state index in [2.05, 4.69) is 14.9 Å². The maximum Gasteiger partial charge on any atom is 0.265 e. The molecule has 0 bridgehead atoms. The van der Waals surface area contributed by atoms with Crippen molar-refractivity contribution in [3.8, 4) is 0 Å². The number of rotatable bonds is 3. The van der Waals surface area contributed by atoms with Gasteiger partial charge in [0.15, 0.2) is 0 Å². The summed E-state index contributed by atoms with van der Waals surface area (Å²) in [5.74, 6) is 0. The normalized spacial score (nSPS) is 11.4. The summed E-state index contributed by atoms with van der Waals surface area (Å²) >= 11 is 6.80. The van der Waals surface area contributed by atoms with Gasteiger partial charge in [0.25, 0.3) is 10.0 Å². The SMILES string of the molecule is Nc1ccc(Cl)cc1S(=O)(=O)Nc1nncs1. The van der Waals surface area contributed by atoms with Crippen molar-refractivity contribution < 1.29 is 8.42 Å². The molecule has 3 N–H and O–H groups in total. The van der Waals surface area contributed by atoms with Gasteiger partial charge in [0.1, 0.15) is 10.4 Å². The van der Waals surface area contributed by atoms with Gasteiger partial charge in [0.05, 0.1) is 5.69 Å². The van der Waals surface area contributed by atoms with E-state index < -0.39 is 10.0 Å². The fourth-order valence-corrected chi connectivity index (χ4v) is 3.22. The lowest BCUT2D eigenvalue weighted by Gasteiger charge is -2.07. The highest BCUT2D eigenvalue weighted by molar-refractivity contribution is 7.93. The number of nitrogen functional groups attached to an aromatic ring is 1. The molecule has 0 amide bonds. The van der Waals surface area contributed by atoms with Gasteiger partial charge in [0, 0.05) is 5.02 Å². The summed E-state index contributed by atoms with van der Waals surface area (Å²) in [6.45, 7) is 0. The van der Waals surface area contributed by atoms with Crippen molar-refractivity contribution in [2.45, 2.75) is 4.90 Å². The lowest BCUT2D eigenvalue weighted by molar-refractivity contribution is 0.601. The number of aromatic nitrogens is 2. The molecule has 17 heavy (non-hydrogen) atoms. The van der Waals surface area contributed by atoms with Crippen LogP contribution >= 0.6 is 22.9 Å². The van der Waals surface area contributed by atoms with Gasteiger partial charge < -0.3 is 5.73 Å². The van der Waals surface area contributed by atoms with Crippen LogP contribution in [0.5, 0.6) is 0 Å². The van der Waals surface area contributed by atoms with E-state index in [4.69, 9.17) is 17.3 Å². The third-order valence-corrected chi connectivity index (χ3v) is 4.21. The molecule has 0 aliphatic carbocycles. The molecule has 1 aromatic heterocycles. The third kappa shape index (κ3) is 2.65. The van der Waals surface area contributed by atoms with E-state index in [1.54, 1.807) is 0 Å². The number of nitrogens with one attached hydrogen (secondary N) is 1. The number of hydrogen-bond acceptors (Lipinski definition) is 6. The smallest absolute Gasteiger partial charge is 0.265 e. The summed E-state index contributed by atoms with van der Waals surface area (Å²) in [4.78, 5) is -0.0831. The number of anilines is 2. The second-order valence-electron chi connectivity index (χ2n) is 3.03. The second-order valence-corrected chi connectivity index (χ2v) is 5.95. The topological polar surface area (TPSA) is 98.0 Å². The molecule has 6 nitrogen and oxygen atoms in total. The Balaban J connectivity index is 2.41. The van der Waals surface area contributed by atoms with E-state index in [1.807, 2.05) is 0 Å². The van der Waals surface area contributed by atoms with Gasteiger partial charge in [-0.25, -0.2) is 8.42 Å². The zero-order valence-corrected chi connectivity index (χ0v) is 10.7. The fraction of sp³-hybridized carbons (Fsp3) is 0. The van der Waals surface area contributed by atoms with Crippen molar-refractivity contribution in [1.29, 1.82) is 0 Å². The molecular formula is C8H7ClN4O2S2. The summed E-state index contributed by atoms with van der Waals surface area (Å²) < 4.78 is 26.2. The van der Waals surface area contributed by atoms with Crippen LogP contribution in [0.15, 0.2) is 28.6 Å². The van der Waals surface area contributed by atoms with E-state index in [9.17, 15) is 8.42 Å². The van der Waals surface area contributed by atoms with Crippen molar-refractivity contribution in [1.82, 2.24) is 10.2 Å². The average Bonchev–Trinajstić information content (AvgIpc) is 2.73. The van der Waals surface area contributed by atoms with Gasteiger partial charge in [-0.2, -0.15) is 0 Å². The molecule has 0 aliphatic heterocycles. The van der Waals surface area contributed by atoms with Gasteiger partial charge in [-0.3, -0.25) is 4.72 Å². The number of sulfonamides is 1. The number of nitrogens with two attached hydrogens (primary N) is 1. The van der Waals surface area contributed by atoms with Gasteiger partial charge in [-0.15, -0.1) is 10.2 Å². The Morgan fingerprint density at radius 3 is 2.82 bits per heavy atom. The lowest BCUT2D eigenvalue weighted by atomic mass is 10.3. The van der Waals surface area contributed by atoms with Crippen molar-refractivity contribution in [3.05, 3.63) is 28.7 Å². The quantitative estimate of drug-likeness (QED) is 0.836. The summed E-state index contributed by atoms with van der Waals surface area (Å²) in [5, 5.41) is 7.57. The standard InChI is InChI=1S/C8H7ClN4O2S2/c9-5-1-2-6(10)7(3-5)17(14,15)13-8-12-11-4-16-8/h1-4H,10H2,(H,12,13). The second kappa shape index (κ2) is 4.47. The maximum absolute atomic E-state index is 12.0. The number of halogens is 1. The minimum Gasteiger partial charge on any atom is -0.398 e. The monoisotopic (exact) mass is 290 g/mol. The van der Waals surface area contributed by atoms with Crippen molar-refractivity contribution >= 4 is 43.8 Å². The highest BCUT2D eigenvalue weighted by atomic mass is 35.5. The molecule has 0 spiro atoms. The molecule has 0 saturated heterocycles. The van der Waals surface area contributed by atoms with Crippen LogP contribution in [0.1, 0.15) is 0 Å². The Labute approximate surface area is 106 Å². The highest BCUT2D eigenvalue weighted by Gasteiger charge is 2.19. The molecule has 0 unspecified atom stereocenters. The predicted molar refractivity (Wildman–Crippen MR) is 66.6 cm³/mol. The van der Waals surface area contributed by atoms with E-state index in [0.717, 1.165) is 11.3 Å². The molecule has 1 aromatic carbocycles. The molecule has 0 saturated carbocycles. The fourth-order valence-electron chi connectivity index (χ4n) is 1.13. The first-order valence-corrected chi connectivity index (χ1v) is 7.07. The molecule has 0 aliphatic rings. The summed E-state index contributed by atoms with van der Waals surface area (Å²) in [6.07, 6.45) is 0. The average molecular weight is 291 g/mol. The molecule has 0 radical (unpaired) electrons.